The SMILES string of the molecule is CC=NC.CO/C=C(/C)c1ccccc1CSC. The molecule has 0 bridgehead atoms. The van der Waals surface area contributed by atoms with Gasteiger partial charge in [-0.1, -0.05) is 24.3 Å². The fraction of sp³-hybridized carbons (Fsp3) is 0.400. The van der Waals surface area contributed by atoms with Crippen molar-refractivity contribution in [2.75, 3.05) is 20.4 Å². The number of nitrogens with zero attached hydrogens (tertiary/aromatic N) is 1. The number of hydrogen-bond donors (Lipinski definition) is 0. The molecule has 0 saturated heterocycles. The zero-order valence-electron chi connectivity index (χ0n) is 11.9. The van der Waals surface area contributed by atoms with Crippen molar-refractivity contribution in [1.29, 1.82) is 0 Å². The van der Waals surface area contributed by atoms with Crippen molar-refractivity contribution in [3.8, 4) is 0 Å². The minimum atomic E-state index is 1.05. The van der Waals surface area contributed by atoms with Crippen molar-refractivity contribution >= 4 is 23.5 Å². The molecule has 0 aliphatic carbocycles. The van der Waals surface area contributed by atoms with Crippen molar-refractivity contribution < 1.29 is 4.74 Å². The summed E-state index contributed by atoms with van der Waals surface area (Å²) in [6, 6.07) is 8.44. The molecule has 1 aromatic rings. The lowest BCUT2D eigenvalue weighted by atomic mass is 10.0. The van der Waals surface area contributed by atoms with Crippen LogP contribution in [-0.2, 0) is 10.5 Å². The largest absolute Gasteiger partial charge is 0.504 e. The molecule has 0 aliphatic rings. The molecule has 1 aromatic carbocycles. The van der Waals surface area contributed by atoms with Crippen LogP contribution < -0.4 is 0 Å². The van der Waals surface area contributed by atoms with E-state index in [9.17, 15) is 0 Å². The first-order valence-corrected chi connectivity index (χ1v) is 7.24. The van der Waals surface area contributed by atoms with E-state index >= 15 is 0 Å². The molecule has 18 heavy (non-hydrogen) atoms. The lowest BCUT2D eigenvalue weighted by Crippen LogP contribution is -1.89. The van der Waals surface area contributed by atoms with Gasteiger partial charge in [0, 0.05) is 12.8 Å². The fourth-order valence-electron chi connectivity index (χ4n) is 1.43. The highest BCUT2D eigenvalue weighted by Gasteiger charge is 2.02. The smallest absolute Gasteiger partial charge is 0.0859 e. The number of hydrogen-bond acceptors (Lipinski definition) is 3. The van der Waals surface area contributed by atoms with Crippen LogP contribution in [0, 0.1) is 0 Å². The van der Waals surface area contributed by atoms with Crippen molar-refractivity contribution in [3.63, 3.8) is 0 Å². The van der Waals surface area contributed by atoms with E-state index in [4.69, 9.17) is 4.74 Å². The minimum Gasteiger partial charge on any atom is -0.504 e. The lowest BCUT2D eigenvalue weighted by Gasteiger charge is -2.08. The second-order valence-electron chi connectivity index (χ2n) is 3.64. The fourth-order valence-corrected chi connectivity index (χ4v) is 1.99. The van der Waals surface area contributed by atoms with Gasteiger partial charge >= 0.3 is 0 Å². The third-order valence-electron chi connectivity index (χ3n) is 2.29. The van der Waals surface area contributed by atoms with Crippen molar-refractivity contribution in [1.82, 2.24) is 0 Å². The van der Waals surface area contributed by atoms with Crippen LogP contribution in [0.25, 0.3) is 5.57 Å². The Hall–Kier alpha value is -1.22. The molecule has 0 heterocycles. The summed E-state index contributed by atoms with van der Waals surface area (Å²) < 4.78 is 5.02. The van der Waals surface area contributed by atoms with Gasteiger partial charge in [-0.15, -0.1) is 0 Å². The maximum Gasteiger partial charge on any atom is 0.0859 e. The summed E-state index contributed by atoms with van der Waals surface area (Å²) in [4.78, 5) is 3.61. The van der Waals surface area contributed by atoms with Crippen molar-refractivity contribution in [3.05, 3.63) is 41.7 Å². The second kappa shape index (κ2) is 10.9. The van der Waals surface area contributed by atoms with Gasteiger partial charge < -0.3 is 9.73 Å². The third kappa shape index (κ3) is 6.50. The molecule has 0 spiro atoms. The molecule has 0 atom stereocenters. The van der Waals surface area contributed by atoms with Crippen molar-refractivity contribution in [2.45, 2.75) is 19.6 Å². The predicted molar refractivity (Wildman–Crippen MR) is 84.4 cm³/mol. The van der Waals surface area contributed by atoms with Crippen LogP contribution in [0.15, 0.2) is 35.5 Å². The van der Waals surface area contributed by atoms with Crippen LogP contribution in [0.3, 0.4) is 0 Å². The Kier molecular flexibility index (Phi) is 10.2. The Morgan fingerprint density at radius 1 is 1.39 bits per heavy atom. The number of allylic oxidation sites excluding steroid dienone is 1. The molecule has 0 fully saturated rings. The van der Waals surface area contributed by atoms with Gasteiger partial charge in [0.05, 0.1) is 13.4 Å². The molecule has 1 rings (SSSR count). The molecule has 2 nitrogen and oxygen atoms in total. The van der Waals surface area contributed by atoms with E-state index in [1.165, 1.54) is 16.7 Å². The Morgan fingerprint density at radius 3 is 2.50 bits per heavy atom. The first-order valence-electron chi connectivity index (χ1n) is 5.84. The highest BCUT2D eigenvalue weighted by Crippen LogP contribution is 2.21. The second-order valence-corrected chi connectivity index (χ2v) is 4.51. The first-order chi connectivity index (χ1) is 8.71. The number of thioether (sulfide) groups is 1. The summed E-state index contributed by atoms with van der Waals surface area (Å²) in [5, 5.41) is 0. The Morgan fingerprint density at radius 2 is 2.00 bits per heavy atom. The molecule has 3 heteroatoms. The zero-order valence-corrected chi connectivity index (χ0v) is 12.8. The number of ether oxygens (including phenoxy) is 1. The van der Waals surface area contributed by atoms with E-state index in [0.717, 1.165) is 5.75 Å². The average Bonchev–Trinajstić information content (AvgIpc) is 2.40. The Bertz CT molecular complexity index is 382. The van der Waals surface area contributed by atoms with E-state index < -0.39 is 0 Å². The summed E-state index contributed by atoms with van der Waals surface area (Å²) in [5.74, 6) is 1.05. The summed E-state index contributed by atoms with van der Waals surface area (Å²) in [6.07, 6.45) is 5.66. The van der Waals surface area contributed by atoms with E-state index in [1.807, 2.05) is 18.7 Å². The van der Waals surface area contributed by atoms with Gasteiger partial charge in [0.1, 0.15) is 0 Å². The predicted octanol–water partition coefficient (Wildman–Crippen LogP) is 4.26. The number of aliphatic imine (C=N–C) groups is 1. The normalized spacial score (nSPS) is 11.1. The number of benzene rings is 1. The van der Waals surface area contributed by atoms with Crippen LogP contribution in [0.1, 0.15) is 25.0 Å². The van der Waals surface area contributed by atoms with Gasteiger partial charge in [0.15, 0.2) is 0 Å². The molecule has 0 radical (unpaired) electrons. The molecular formula is C15H23NOS. The maximum atomic E-state index is 5.02. The van der Waals surface area contributed by atoms with Gasteiger partial charge in [-0.3, -0.25) is 0 Å². The quantitative estimate of drug-likeness (QED) is 0.599. The molecule has 0 aromatic heterocycles. The van der Waals surface area contributed by atoms with E-state index in [-0.39, 0.29) is 0 Å². The summed E-state index contributed by atoms with van der Waals surface area (Å²) in [7, 11) is 3.43. The van der Waals surface area contributed by atoms with Crippen LogP contribution in [0.5, 0.6) is 0 Å². The minimum absolute atomic E-state index is 1.05. The monoisotopic (exact) mass is 265 g/mol. The van der Waals surface area contributed by atoms with Crippen LogP contribution in [-0.4, -0.2) is 26.6 Å². The van der Waals surface area contributed by atoms with E-state index in [1.54, 1.807) is 26.6 Å². The summed E-state index contributed by atoms with van der Waals surface area (Å²) in [5.41, 5.74) is 3.83. The highest BCUT2D eigenvalue weighted by molar-refractivity contribution is 7.97. The van der Waals surface area contributed by atoms with Crippen LogP contribution in [0.4, 0.5) is 0 Å². The van der Waals surface area contributed by atoms with E-state index in [2.05, 4.69) is 42.4 Å². The third-order valence-corrected chi connectivity index (χ3v) is 2.89. The van der Waals surface area contributed by atoms with Crippen molar-refractivity contribution in [2.24, 2.45) is 4.99 Å². The Balaban J connectivity index is 0.000000631. The van der Waals surface area contributed by atoms with Gasteiger partial charge in [-0.05, 0) is 43.0 Å². The van der Waals surface area contributed by atoms with Gasteiger partial charge in [0.25, 0.3) is 0 Å². The molecule has 0 aliphatic heterocycles. The number of methoxy groups -OCH3 is 1. The van der Waals surface area contributed by atoms with E-state index in [0.29, 0.717) is 0 Å². The zero-order chi connectivity index (χ0) is 13.8. The Labute approximate surface area is 115 Å². The highest BCUT2D eigenvalue weighted by atomic mass is 32.2. The van der Waals surface area contributed by atoms with Crippen LogP contribution >= 0.6 is 11.8 Å². The maximum absolute atomic E-state index is 5.02. The van der Waals surface area contributed by atoms with Crippen LogP contribution in [0.2, 0.25) is 0 Å². The molecular weight excluding hydrogens is 242 g/mol. The standard InChI is InChI=1S/C12H16OS.C3H7N/c1-10(8-13-2)12-7-5-4-6-11(12)9-14-3;1-3-4-2/h4-8H,9H2,1-3H3;3H,1-2H3/b10-8-;. The summed E-state index contributed by atoms with van der Waals surface area (Å²) in [6.45, 7) is 3.96. The van der Waals surface area contributed by atoms with Gasteiger partial charge in [-0.25, -0.2) is 0 Å². The molecule has 0 N–H and O–H groups in total. The summed E-state index contributed by atoms with van der Waals surface area (Å²) >= 11 is 1.84. The van der Waals surface area contributed by atoms with Gasteiger partial charge in [0.2, 0.25) is 0 Å². The topological polar surface area (TPSA) is 21.6 Å². The lowest BCUT2D eigenvalue weighted by molar-refractivity contribution is 0.339. The molecule has 0 saturated carbocycles. The number of rotatable bonds is 4. The molecule has 0 amide bonds. The van der Waals surface area contributed by atoms with Gasteiger partial charge in [-0.2, -0.15) is 11.8 Å². The molecule has 0 unspecified atom stereocenters. The molecule has 100 valence electrons. The average molecular weight is 265 g/mol. The first kappa shape index (κ1) is 16.8.